The first-order valence-corrected chi connectivity index (χ1v) is 6.88. The van der Waals surface area contributed by atoms with Crippen molar-refractivity contribution in [3.05, 3.63) is 23.4 Å². The lowest BCUT2D eigenvalue weighted by Gasteiger charge is -2.09. The van der Waals surface area contributed by atoms with Crippen LogP contribution in [0.1, 0.15) is 16.1 Å². The lowest BCUT2D eigenvalue weighted by atomic mass is 10.1. The predicted octanol–water partition coefficient (Wildman–Crippen LogP) is 2.39. The first-order chi connectivity index (χ1) is 11.1. The molecule has 5 heteroatoms. The van der Waals surface area contributed by atoms with Crippen LogP contribution in [0.5, 0.6) is 11.5 Å². The molecule has 0 atom stereocenters. The third-order valence-corrected chi connectivity index (χ3v) is 3.48. The van der Waals surface area contributed by atoms with Crippen molar-refractivity contribution in [2.45, 2.75) is 13.5 Å². The zero-order valence-electron chi connectivity index (χ0n) is 13.3. The Hall–Kier alpha value is -3.05. The molecule has 118 valence electrons. The highest BCUT2D eigenvalue weighted by molar-refractivity contribution is 6.05. The van der Waals surface area contributed by atoms with Crippen LogP contribution in [0.2, 0.25) is 0 Å². The number of benzene rings is 1. The highest BCUT2D eigenvalue weighted by Gasteiger charge is 2.27. The molecule has 23 heavy (non-hydrogen) atoms. The van der Waals surface area contributed by atoms with E-state index in [1.807, 2.05) is 19.1 Å². The Labute approximate surface area is 135 Å². The van der Waals surface area contributed by atoms with Crippen molar-refractivity contribution >= 4 is 16.9 Å². The number of aryl methyl sites for hydroxylation is 1. The van der Waals surface area contributed by atoms with Crippen molar-refractivity contribution in [1.29, 1.82) is 0 Å². The summed E-state index contributed by atoms with van der Waals surface area (Å²) in [5, 5.41) is 0.732. The Kier molecular flexibility index (Phi) is 4.83. The Morgan fingerprint density at radius 3 is 2.57 bits per heavy atom. The zero-order chi connectivity index (χ0) is 17.0. The van der Waals surface area contributed by atoms with Gasteiger partial charge in [-0.05, 0) is 18.6 Å². The monoisotopic (exact) mass is 311 g/mol. The molecular weight excluding hydrogens is 294 g/mol. The van der Waals surface area contributed by atoms with Crippen LogP contribution in [-0.2, 0) is 11.3 Å². The van der Waals surface area contributed by atoms with Gasteiger partial charge < -0.3 is 18.8 Å². The van der Waals surface area contributed by atoms with Crippen molar-refractivity contribution in [1.82, 2.24) is 4.57 Å². The minimum absolute atomic E-state index is 0.0236. The highest BCUT2D eigenvalue weighted by Crippen LogP contribution is 2.40. The van der Waals surface area contributed by atoms with Crippen LogP contribution in [0.25, 0.3) is 10.9 Å². The maximum atomic E-state index is 12.3. The first-order valence-electron chi connectivity index (χ1n) is 6.88. The van der Waals surface area contributed by atoms with Gasteiger partial charge >= 0.3 is 5.97 Å². The fraction of sp³-hybridized carbons (Fsp3) is 0.278. The van der Waals surface area contributed by atoms with Crippen LogP contribution in [0, 0.1) is 31.6 Å². The SMILES string of the molecule is C#CCOc1c(C(=O)OC)n(CC#C)c2c(OC)ccc(C)c12. The molecule has 0 unspecified atom stereocenters. The lowest BCUT2D eigenvalue weighted by Crippen LogP contribution is -2.12. The summed E-state index contributed by atoms with van der Waals surface area (Å²) >= 11 is 0. The molecule has 0 aliphatic heterocycles. The molecule has 2 aromatic rings. The summed E-state index contributed by atoms with van der Waals surface area (Å²) in [6, 6.07) is 3.70. The van der Waals surface area contributed by atoms with Crippen LogP contribution in [0.4, 0.5) is 0 Å². The number of carbonyl (C=O) groups excluding carboxylic acids is 1. The molecule has 2 rings (SSSR count). The van der Waals surface area contributed by atoms with E-state index in [1.54, 1.807) is 11.7 Å². The maximum Gasteiger partial charge on any atom is 0.358 e. The number of nitrogens with zero attached hydrogens (tertiary/aromatic N) is 1. The smallest absolute Gasteiger partial charge is 0.358 e. The van der Waals surface area contributed by atoms with Crippen LogP contribution >= 0.6 is 0 Å². The first kappa shape index (κ1) is 16.3. The zero-order valence-corrected chi connectivity index (χ0v) is 13.3. The molecule has 0 aliphatic carbocycles. The van der Waals surface area contributed by atoms with Crippen molar-refractivity contribution in [2.75, 3.05) is 20.8 Å². The fourth-order valence-corrected chi connectivity index (χ4v) is 2.55. The Morgan fingerprint density at radius 1 is 1.26 bits per heavy atom. The molecule has 1 aromatic heterocycles. The second-order valence-electron chi connectivity index (χ2n) is 4.76. The van der Waals surface area contributed by atoms with Gasteiger partial charge in [0, 0.05) is 5.39 Å². The summed E-state index contributed by atoms with van der Waals surface area (Å²) in [5.74, 6) is 5.33. The van der Waals surface area contributed by atoms with E-state index in [9.17, 15) is 4.79 Å². The number of terminal acetylenes is 2. The second-order valence-corrected chi connectivity index (χ2v) is 4.76. The van der Waals surface area contributed by atoms with Gasteiger partial charge in [-0.3, -0.25) is 0 Å². The molecule has 1 heterocycles. The van der Waals surface area contributed by atoms with E-state index in [-0.39, 0.29) is 18.8 Å². The minimum Gasteiger partial charge on any atom is -0.495 e. The molecule has 0 bridgehead atoms. The van der Waals surface area contributed by atoms with Crippen LogP contribution in [-0.4, -0.2) is 31.4 Å². The van der Waals surface area contributed by atoms with Gasteiger partial charge in [0.25, 0.3) is 0 Å². The summed E-state index contributed by atoms with van der Waals surface area (Å²) in [7, 11) is 2.85. The summed E-state index contributed by atoms with van der Waals surface area (Å²) < 4.78 is 17.6. The predicted molar refractivity (Wildman–Crippen MR) is 87.7 cm³/mol. The van der Waals surface area contributed by atoms with Crippen molar-refractivity contribution in [2.24, 2.45) is 0 Å². The van der Waals surface area contributed by atoms with E-state index in [4.69, 9.17) is 27.1 Å². The Morgan fingerprint density at radius 2 is 2.00 bits per heavy atom. The number of hydrogen-bond donors (Lipinski definition) is 0. The molecule has 5 nitrogen and oxygen atoms in total. The molecule has 0 fully saturated rings. The van der Waals surface area contributed by atoms with Crippen molar-refractivity contribution in [3.8, 4) is 36.2 Å². The molecular formula is C18H17NO4. The fourth-order valence-electron chi connectivity index (χ4n) is 2.55. The summed E-state index contributed by atoms with van der Waals surface area (Å²) in [6.45, 7) is 2.10. The average molecular weight is 311 g/mol. The second kappa shape index (κ2) is 6.81. The summed E-state index contributed by atoms with van der Waals surface area (Å²) in [4.78, 5) is 12.3. The molecule has 0 amide bonds. The third kappa shape index (κ3) is 2.69. The standard InChI is InChI=1S/C18H17NO4/c1-6-10-19-15-13(21-4)9-8-12(3)14(15)17(23-11-7-2)16(19)18(20)22-5/h1-2,8-9H,10-11H2,3-5H3. The number of ether oxygens (including phenoxy) is 3. The highest BCUT2D eigenvalue weighted by atomic mass is 16.5. The molecule has 0 saturated carbocycles. The molecule has 0 aliphatic rings. The quantitative estimate of drug-likeness (QED) is 0.628. The van der Waals surface area contributed by atoms with Crippen LogP contribution in [0.15, 0.2) is 12.1 Å². The van der Waals surface area contributed by atoms with E-state index in [2.05, 4.69) is 11.8 Å². The topological polar surface area (TPSA) is 49.7 Å². The van der Waals surface area contributed by atoms with Gasteiger partial charge in [-0.1, -0.05) is 17.9 Å². The van der Waals surface area contributed by atoms with E-state index >= 15 is 0 Å². The minimum atomic E-state index is -0.551. The van der Waals surface area contributed by atoms with E-state index < -0.39 is 5.97 Å². The number of aromatic nitrogens is 1. The molecule has 0 spiro atoms. The molecule has 0 N–H and O–H groups in total. The van der Waals surface area contributed by atoms with Gasteiger partial charge in [0.15, 0.2) is 11.4 Å². The third-order valence-electron chi connectivity index (χ3n) is 3.48. The van der Waals surface area contributed by atoms with E-state index in [0.717, 1.165) is 10.9 Å². The normalized spacial score (nSPS) is 9.96. The van der Waals surface area contributed by atoms with Crippen LogP contribution < -0.4 is 9.47 Å². The Balaban J connectivity index is 2.95. The largest absolute Gasteiger partial charge is 0.495 e. The Bertz CT molecular complexity index is 834. The van der Waals surface area contributed by atoms with Gasteiger partial charge in [0.1, 0.15) is 12.4 Å². The van der Waals surface area contributed by atoms with Crippen molar-refractivity contribution in [3.63, 3.8) is 0 Å². The van der Waals surface area contributed by atoms with Gasteiger partial charge in [0.05, 0.1) is 26.3 Å². The van der Waals surface area contributed by atoms with Gasteiger partial charge in [-0.15, -0.1) is 12.8 Å². The summed E-state index contributed by atoms with van der Waals surface area (Å²) in [6.07, 6.45) is 10.7. The average Bonchev–Trinajstić information content (AvgIpc) is 2.88. The van der Waals surface area contributed by atoms with Gasteiger partial charge in [-0.2, -0.15) is 0 Å². The van der Waals surface area contributed by atoms with Gasteiger partial charge in [0.2, 0.25) is 0 Å². The van der Waals surface area contributed by atoms with Gasteiger partial charge in [-0.25, -0.2) is 4.79 Å². The molecule has 0 saturated heterocycles. The number of rotatable bonds is 5. The van der Waals surface area contributed by atoms with E-state index in [0.29, 0.717) is 17.0 Å². The van der Waals surface area contributed by atoms with Crippen LogP contribution in [0.3, 0.4) is 0 Å². The maximum absolute atomic E-state index is 12.3. The lowest BCUT2D eigenvalue weighted by molar-refractivity contribution is 0.0585. The molecule has 1 aromatic carbocycles. The number of esters is 1. The number of methoxy groups -OCH3 is 2. The van der Waals surface area contributed by atoms with E-state index in [1.165, 1.54) is 7.11 Å². The number of carbonyl (C=O) groups is 1. The number of fused-ring (bicyclic) bond motifs is 1. The summed E-state index contributed by atoms with van der Waals surface area (Å²) in [5.41, 5.74) is 1.81. The molecule has 0 radical (unpaired) electrons. The van der Waals surface area contributed by atoms with Crippen molar-refractivity contribution < 1.29 is 19.0 Å². The number of hydrogen-bond acceptors (Lipinski definition) is 4.